The molecule has 1 heterocycles. The van der Waals surface area contributed by atoms with Crippen molar-refractivity contribution >= 4 is 29.5 Å². The molecule has 1 aliphatic heterocycles. The van der Waals surface area contributed by atoms with Crippen molar-refractivity contribution in [1.29, 1.82) is 0 Å². The van der Waals surface area contributed by atoms with Crippen molar-refractivity contribution in [3.05, 3.63) is 24.3 Å². The number of hydrogen-bond acceptors (Lipinski definition) is 6. The van der Waals surface area contributed by atoms with Crippen LogP contribution in [0.1, 0.15) is 33.6 Å². The van der Waals surface area contributed by atoms with Crippen molar-refractivity contribution in [3.8, 4) is 5.75 Å². The molecule has 4 N–H and O–H groups in total. The van der Waals surface area contributed by atoms with E-state index in [9.17, 15) is 19.2 Å². The number of primary amides is 1. The Labute approximate surface area is 175 Å². The quantitative estimate of drug-likeness (QED) is 0.601. The Bertz CT molecular complexity index is 787. The number of likely N-dealkylation sites (tertiary alicyclic amines) is 1. The molecule has 1 aliphatic rings. The smallest absolute Gasteiger partial charge is 0.410 e. The van der Waals surface area contributed by atoms with Gasteiger partial charge >= 0.3 is 6.09 Å². The Hall–Kier alpha value is -3.30. The molecule has 1 atom stereocenters. The number of carbonyl (C=O) groups is 4. The zero-order valence-corrected chi connectivity index (χ0v) is 17.4. The molecule has 0 bridgehead atoms. The predicted molar refractivity (Wildman–Crippen MR) is 109 cm³/mol. The molecular formula is C20H28N4O6. The van der Waals surface area contributed by atoms with Gasteiger partial charge in [0, 0.05) is 12.2 Å². The number of ether oxygens (including phenoxy) is 2. The van der Waals surface area contributed by atoms with Crippen LogP contribution in [-0.4, -0.2) is 60.1 Å². The number of nitrogens with one attached hydrogen (secondary N) is 2. The molecule has 0 radical (unpaired) electrons. The van der Waals surface area contributed by atoms with E-state index in [0.29, 0.717) is 30.8 Å². The number of benzene rings is 1. The van der Waals surface area contributed by atoms with Crippen LogP contribution in [0.2, 0.25) is 0 Å². The minimum absolute atomic E-state index is 0.237. The van der Waals surface area contributed by atoms with Crippen molar-refractivity contribution in [1.82, 2.24) is 10.2 Å². The van der Waals surface area contributed by atoms with Crippen LogP contribution in [0.4, 0.5) is 10.5 Å². The largest absolute Gasteiger partial charge is 0.484 e. The molecule has 30 heavy (non-hydrogen) atoms. The lowest BCUT2D eigenvalue weighted by molar-refractivity contribution is -0.127. The summed E-state index contributed by atoms with van der Waals surface area (Å²) in [5, 5.41) is 5.20. The van der Waals surface area contributed by atoms with Crippen LogP contribution in [0.15, 0.2) is 24.3 Å². The van der Waals surface area contributed by atoms with Gasteiger partial charge in [-0.05, 0) is 57.9 Å². The zero-order chi connectivity index (χ0) is 22.3. The number of carbonyl (C=O) groups excluding carboxylic acids is 4. The third-order valence-electron chi connectivity index (χ3n) is 4.13. The first-order valence-corrected chi connectivity index (χ1v) is 9.63. The SMILES string of the molecule is CC(C)(C)OC(=O)N1CCC[C@H]1C(=O)NCC(=O)Nc1ccc(OCC(N)=O)cc1. The second-order valence-corrected chi connectivity index (χ2v) is 7.88. The van der Waals surface area contributed by atoms with Gasteiger partial charge in [0.25, 0.3) is 5.91 Å². The maximum atomic E-state index is 12.5. The van der Waals surface area contributed by atoms with Crippen LogP contribution >= 0.6 is 0 Å². The molecule has 10 nitrogen and oxygen atoms in total. The molecule has 0 unspecified atom stereocenters. The molecule has 1 fully saturated rings. The van der Waals surface area contributed by atoms with Gasteiger partial charge in [-0.25, -0.2) is 4.79 Å². The summed E-state index contributed by atoms with van der Waals surface area (Å²) in [6, 6.07) is 5.69. The summed E-state index contributed by atoms with van der Waals surface area (Å²) in [6.45, 7) is 5.24. The van der Waals surface area contributed by atoms with E-state index >= 15 is 0 Å². The second kappa shape index (κ2) is 9.95. The fraction of sp³-hybridized carbons (Fsp3) is 0.500. The van der Waals surface area contributed by atoms with Gasteiger partial charge in [0.15, 0.2) is 6.61 Å². The topological polar surface area (TPSA) is 140 Å². The molecule has 1 aromatic carbocycles. The van der Waals surface area contributed by atoms with Crippen molar-refractivity contribution < 1.29 is 28.7 Å². The molecule has 1 aromatic rings. The molecule has 164 valence electrons. The number of rotatable bonds is 7. The predicted octanol–water partition coefficient (Wildman–Crippen LogP) is 1.00. The Morgan fingerprint density at radius 1 is 1.17 bits per heavy atom. The van der Waals surface area contributed by atoms with Gasteiger partial charge in [0.05, 0.1) is 6.54 Å². The third kappa shape index (κ3) is 7.26. The summed E-state index contributed by atoms with van der Waals surface area (Å²) in [7, 11) is 0. The van der Waals surface area contributed by atoms with Crippen molar-refractivity contribution in [2.75, 3.05) is 25.0 Å². The van der Waals surface area contributed by atoms with Gasteiger partial charge in [0.1, 0.15) is 17.4 Å². The Kier molecular flexibility index (Phi) is 7.62. The van der Waals surface area contributed by atoms with Crippen LogP contribution < -0.4 is 21.1 Å². The maximum absolute atomic E-state index is 12.5. The average Bonchev–Trinajstić information content (AvgIpc) is 3.14. The summed E-state index contributed by atoms with van der Waals surface area (Å²) in [6.07, 6.45) is 0.663. The maximum Gasteiger partial charge on any atom is 0.410 e. The van der Waals surface area contributed by atoms with E-state index in [1.165, 1.54) is 4.90 Å². The van der Waals surface area contributed by atoms with Crippen LogP contribution in [0.3, 0.4) is 0 Å². The van der Waals surface area contributed by atoms with Gasteiger partial charge in [-0.15, -0.1) is 0 Å². The summed E-state index contributed by atoms with van der Waals surface area (Å²) in [4.78, 5) is 48.9. The monoisotopic (exact) mass is 420 g/mol. The number of nitrogens with zero attached hydrogens (tertiary/aromatic N) is 1. The second-order valence-electron chi connectivity index (χ2n) is 7.88. The van der Waals surface area contributed by atoms with E-state index in [-0.39, 0.29) is 13.2 Å². The van der Waals surface area contributed by atoms with Crippen LogP contribution in [0.5, 0.6) is 5.75 Å². The van der Waals surface area contributed by atoms with Crippen LogP contribution in [-0.2, 0) is 19.1 Å². The van der Waals surface area contributed by atoms with Crippen molar-refractivity contribution in [2.24, 2.45) is 5.73 Å². The van der Waals surface area contributed by atoms with Gasteiger partial charge < -0.3 is 25.8 Å². The molecule has 0 saturated carbocycles. The lowest BCUT2D eigenvalue weighted by Crippen LogP contribution is -2.48. The summed E-state index contributed by atoms with van der Waals surface area (Å²) >= 11 is 0. The lowest BCUT2D eigenvalue weighted by atomic mass is 10.2. The highest BCUT2D eigenvalue weighted by molar-refractivity contribution is 5.95. The standard InChI is InChI=1S/C20H28N4O6/c1-20(2,3)30-19(28)24-10-4-5-15(24)18(27)22-11-17(26)23-13-6-8-14(9-7-13)29-12-16(21)25/h6-9,15H,4-5,10-12H2,1-3H3,(H2,21,25)(H,22,27)(H,23,26)/t15-/m0/s1. The third-order valence-corrected chi connectivity index (χ3v) is 4.13. The number of nitrogens with two attached hydrogens (primary N) is 1. The molecule has 0 spiro atoms. The van der Waals surface area contributed by atoms with Gasteiger partial charge in [-0.1, -0.05) is 0 Å². The first-order chi connectivity index (χ1) is 14.0. The van der Waals surface area contributed by atoms with Gasteiger partial charge in [-0.3, -0.25) is 19.3 Å². The Morgan fingerprint density at radius 3 is 2.43 bits per heavy atom. The molecule has 0 aliphatic carbocycles. The first kappa shape index (κ1) is 23.0. The first-order valence-electron chi connectivity index (χ1n) is 9.63. The van der Waals surface area contributed by atoms with Crippen molar-refractivity contribution in [2.45, 2.75) is 45.3 Å². The summed E-state index contributed by atoms with van der Waals surface area (Å²) in [5.74, 6) is -0.973. The normalized spacial score (nSPS) is 16.0. The molecule has 0 aromatic heterocycles. The number of amides is 4. The Balaban J connectivity index is 1.81. The summed E-state index contributed by atoms with van der Waals surface area (Å²) < 4.78 is 10.5. The highest BCUT2D eigenvalue weighted by Gasteiger charge is 2.36. The number of anilines is 1. The van der Waals surface area contributed by atoms with Crippen molar-refractivity contribution in [3.63, 3.8) is 0 Å². The molecule has 1 saturated heterocycles. The number of hydrogen-bond donors (Lipinski definition) is 3. The van der Waals surface area contributed by atoms with E-state index in [0.717, 1.165) is 0 Å². The van der Waals surface area contributed by atoms with E-state index in [4.69, 9.17) is 15.2 Å². The van der Waals surface area contributed by atoms with Gasteiger partial charge in [0.2, 0.25) is 11.8 Å². The fourth-order valence-electron chi connectivity index (χ4n) is 2.86. The van der Waals surface area contributed by atoms with E-state index < -0.39 is 35.5 Å². The average molecular weight is 420 g/mol. The lowest BCUT2D eigenvalue weighted by Gasteiger charge is -2.28. The van der Waals surface area contributed by atoms with Crippen LogP contribution in [0, 0.1) is 0 Å². The summed E-state index contributed by atoms with van der Waals surface area (Å²) in [5.41, 5.74) is 4.85. The van der Waals surface area contributed by atoms with Crippen LogP contribution in [0.25, 0.3) is 0 Å². The van der Waals surface area contributed by atoms with E-state index in [1.54, 1.807) is 45.0 Å². The highest BCUT2D eigenvalue weighted by atomic mass is 16.6. The molecule has 2 rings (SSSR count). The van der Waals surface area contributed by atoms with E-state index in [1.807, 2.05) is 0 Å². The zero-order valence-electron chi connectivity index (χ0n) is 17.4. The van der Waals surface area contributed by atoms with Gasteiger partial charge in [-0.2, -0.15) is 0 Å². The molecule has 10 heteroatoms. The Morgan fingerprint density at radius 2 is 1.83 bits per heavy atom. The van der Waals surface area contributed by atoms with E-state index in [2.05, 4.69) is 10.6 Å². The fourth-order valence-corrected chi connectivity index (χ4v) is 2.86. The molecule has 4 amide bonds. The minimum atomic E-state index is -0.658. The highest BCUT2D eigenvalue weighted by Crippen LogP contribution is 2.21. The molecular weight excluding hydrogens is 392 g/mol. The minimum Gasteiger partial charge on any atom is -0.484 e.